The topological polar surface area (TPSA) is 0 Å². The quantitative estimate of drug-likeness (QED) is 0.470. The van der Waals surface area contributed by atoms with E-state index in [0.717, 1.165) is 9.52 Å². The van der Waals surface area contributed by atoms with E-state index in [4.69, 9.17) is 0 Å². The molecule has 0 aliphatic carbocycles. The van der Waals surface area contributed by atoms with E-state index in [9.17, 15) is 0 Å². The molecule has 0 saturated carbocycles. The molecule has 0 aromatic heterocycles. The maximum Gasteiger partial charge on any atom is 0.0807 e. The smallest absolute Gasteiger partial charge is 0.0654 e. The van der Waals surface area contributed by atoms with Gasteiger partial charge in [-0.05, 0) is 0 Å². The van der Waals surface area contributed by atoms with Crippen LogP contribution in [0.15, 0.2) is 30.3 Å². The molecule has 0 aliphatic heterocycles. The van der Waals surface area contributed by atoms with Crippen molar-refractivity contribution in [2.45, 2.75) is 25.8 Å². The first-order valence-electron chi connectivity index (χ1n) is 4.22. The van der Waals surface area contributed by atoms with E-state index >= 15 is 0 Å². The van der Waals surface area contributed by atoms with Crippen LogP contribution in [-0.4, -0.2) is 9.52 Å². The normalized spacial score (nSPS) is 9.91. The van der Waals surface area contributed by atoms with Gasteiger partial charge in [0.15, 0.2) is 0 Å². The van der Waals surface area contributed by atoms with Crippen molar-refractivity contribution in [3.8, 4) is 0 Å². The molecule has 0 spiro atoms. The highest BCUT2D eigenvalue weighted by atomic mass is 28.2. The first kappa shape index (κ1) is 8.53. The Morgan fingerprint density at radius 1 is 1.18 bits per heavy atom. The number of unbranched alkanes of at least 4 members (excludes halogenated alkanes) is 1. The molecule has 0 amide bonds. The van der Waals surface area contributed by atoms with Gasteiger partial charge in [0, 0.05) is 0 Å². The van der Waals surface area contributed by atoms with E-state index < -0.39 is 0 Å². The van der Waals surface area contributed by atoms with Gasteiger partial charge in [0.05, 0.1) is 9.52 Å². The number of benzene rings is 1. The lowest BCUT2D eigenvalue weighted by molar-refractivity contribution is 0.881. The maximum atomic E-state index is 2.25. The highest BCUT2D eigenvalue weighted by Crippen LogP contribution is 1.93. The van der Waals surface area contributed by atoms with Crippen molar-refractivity contribution in [1.29, 1.82) is 0 Å². The Morgan fingerprint density at radius 2 is 1.91 bits per heavy atom. The number of rotatable bonds is 4. The second-order valence-corrected chi connectivity index (χ2v) is 4.08. The molecule has 0 bridgehead atoms. The molecule has 1 heteroatoms. The Morgan fingerprint density at radius 3 is 2.55 bits per heavy atom. The molecule has 0 atom stereocenters. The fraction of sp³-hybridized carbons (Fsp3) is 0.400. The van der Waals surface area contributed by atoms with Crippen molar-refractivity contribution in [1.82, 2.24) is 0 Å². The van der Waals surface area contributed by atoms with Crippen LogP contribution in [0.1, 0.15) is 19.8 Å². The van der Waals surface area contributed by atoms with Crippen molar-refractivity contribution in [3.05, 3.63) is 30.3 Å². The molecule has 0 unspecified atom stereocenters. The van der Waals surface area contributed by atoms with Gasteiger partial charge in [0.25, 0.3) is 0 Å². The van der Waals surface area contributed by atoms with Crippen LogP contribution in [-0.2, 0) is 0 Å². The van der Waals surface area contributed by atoms with E-state index in [0.29, 0.717) is 0 Å². The highest BCUT2D eigenvalue weighted by Gasteiger charge is 1.91. The van der Waals surface area contributed by atoms with Gasteiger partial charge in [0.1, 0.15) is 0 Å². The molecular weight excluding hydrogens is 148 g/mol. The minimum Gasteiger partial charge on any atom is -0.0654 e. The van der Waals surface area contributed by atoms with E-state index in [1.807, 2.05) is 0 Å². The van der Waals surface area contributed by atoms with E-state index in [-0.39, 0.29) is 0 Å². The molecule has 0 aliphatic rings. The summed E-state index contributed by atoms with van der Waals surface area (Å²) in [5.74, 6) is 0. The molecule has 58 valence electrons. The summed E-state index contributed by atoms with van der Waals surface area (Å²) in [6, 6.07) is 12.1. The van der Waals surface area contributed by atoms with Crippen LogP contribution in [0.25, 0.3) is 0 Å². The van der Waals surface area contributed by atoms with Crippen LogP contribution in [0, 0.1) is 0 Å². The van der Waals surface area contributed by atoms with E-state index in [1.165, 1.54) is 24.1 Å². The third-order valence-electron chi connectivity index (χ3n) is 1.63. The zero-order valence-electron chi connectivity index (χ0n) is 7.01. The minimum atomic E-state index is 1.01. The largest absolute Gasteiger partial charge is 0.0807 e. The Balaban J connectivity index is 2.28. The van der Waals surface area contributed by atoms with Crippen molar-refractivity contribution in [3.63, 3.8) is 0 Å². The lowest BCUT2D eigenvalue weighted by Gasteiger charge is -1.96. The Kier molecular flexibility index (Phi) is 3.98. The van der Waals surface area contributed by atoms with Gasteiger partial charge in [-0.15, -0.1) is 0 Å². The van der Waals surface area contributed by atoms with E-state index in [1.54, 1.807) is 0 Å². The molecule has 2 radical (unpaired) electrons. The fourth-order valence-electron chi connectivity index (χ4n) is 0.966. The van der Waals surface area contributed by atoms with Gasteiger partial charge < -0.3 is 0 Å². The summed E-state index contributed by atoms with van der Waals surface area (Å²) in [6.45, 7) is 2.25. The van der Waals surface area contributed by atoms with Gasteiger partial charge >= 0.3 is 0 Å². The highest BCUT2D eigenvalue weighted by molar-refractivity contribution is 6.53. The van der Waals surface area contributed by atoms with Gasteiger partial charge in [-0.1, -0.05) is 61.3 Å². The second kappa shape index (κ2) is 5.14. The monoisotopic (exact) mass is 162 g/mol. The Hall–Kier alpha value is -0.563. The lowest BCUT2D eigenvalue weighted by Crippen LogP contribution is -2.11. The maximum absolute atomic E-state index is 2.25. The molecule has 0 fully saturated rings. The number of hydrogen-bond acceptors (Lipinski definition) is 0. The van der Waals surface area contributed by atoms with Crippen LogP contribution in [0.4, 0.5) is 0 Å². The average molecular weight is 162 g/mol. The summed E-state index contributed by atoms with van der Waals surface area (Å²) in [6.07, 6.45) is 2.69. The molecule has 0 nitrogen and oxygen atoms in total. The van der Waals surface area contributed by atoms with Crippen LogP contribution in [0.2, 0.25) is 6.04 Å². The predicted octanol–water partition coefficient (Wildman–Crippen LogP) is 2.23. The fourth-order valence-corrected chi connectivity index (χ4v) is 2.21. The average Bonchev–Trinajstić information content (AvgIpc) is 2.07. The summed E-state index contributed by atoms with van der Waals surface area (Å²) < 4.78 is 0. The molecule has 1 rings (SSSR count). The number of hydrogen-bond donors (Lipinski definition) is 0. The van der Waals surface area contributed by atoms with Crippen LogP contribution in [0.5, 0.6) is 0 Å². The van der Waals surface area contributed by atoms with Gasteiger partial charge in [-0.2, -0.15) is 0 Å². The predicted molar refractivity (Wildman–Crippen MR) is 51.5 cm³/mol. The third-order valence-corrected chi connectivity index (χ3v) is 2.98. The molecule has 11 heavy (non-hydrogen) atoms. The van der Waals surface area contributed by atoms with E-state index in [2.05, 4.69) is 37.3 Å². The van der Waals surface area contributed by atoms with Crippen molar-refractivity contribution in [2.75, 3.05) is 0 Å². The Labute approximate surface area is 71.5 Å². The summed E-state index contributed by atoms with van der Waals surface area (Å²) >= 11 is 0. The van der Waals surface area contributed by atoms with Crippen molar-refractivity contribution in [2.24, 2.45) is 0 Å². The van der Waals surface area contributed by atoms with Crippen LogP contribution >= 0.6 is 0 Å². The molecule has 0 heterocycles. The van der Waals surface area contributed by atoms with Crippen molar-refractivity contribution < 1.29 is 0 Å². The zero-order valence-corrected chi connectivity index (χ0v) is 8.01. The Bertz CT molecular complexity index is 181. The molecule has 1 aromatic carbocycles. The SMILES string of the molecule is CCCC[Si]c1ccccc1. The molecule has 0 N–H and O–H groups in total. The molecule has 0 saturated heterocycles. The van der Waals surface area contributed by atoms with Crippen LogP contribution < -0.4 is 5.19 Å². The summed E-state index contributed by atoms with van der Waals surface area (Å²) in [4.78, 5) is 0. The second-order valence-electron chi connectivity index (χ2n) is 2.65. The van der Waals surface area contributed by atoms with Gasteiger partial charge in [-0.25, -0.2) is 0 Å². The van der Waals surface area contributed by atoms with Gasteiger partial charge in [-0.3, -0.25) is 0 Å². The summed E-state index contributed by atoms with van der Waals surface area (Å²) in [7, 11) is 1.01. The van der Waals surface area contributed by atoms with Crippen molar-refractivity contribution >= 4 is 14.7 Å². The molecular formula is C10H14Si. The zero-order chi connectivity index (χ0) is 7.94. The van der Waals surface area contributed by atoms with Crippen LogP contribution in [0.3, 0.4) is 0 Å². The van der Waals surface area contributed by atoms with Gasteiger partial charge in [0.2, 0.25) is 0 Å². The first-order valence-corrected chi connectivity index (χ1v) is 5.43. The minimum absolute atomic E-state index is 1.01. The summed E-state index contributed by atoms with van der Waals surface area (Å²) in [5.41, 5.74) is 0. The standard InChI is InChI=1S/C10H14Si/c1-2-3-9-11-10-7-5-4-6-8-10/h4-8H,2-3,9H2,1H3. The molecule has 1 aromatic rings. The lowest BCUT2D eigenvalue weighted by atomic mass is 10.4. The third kappa shape index (κ3) is 3.37. The first-order chi connectivity index (χ1) is 5.43. The summed E-state index contributed by atoms with van der Waals surface area (Å²) in [5, 5.41) is 1.50.